The van der Waals surface area contributed by atoms with E-state index in [0.29, 0.717) is 5.69 Å². The fourth-order valence-electron chi connectivity index (χ4n) is 3.91. The molecule has 1 aromatic heterocycles. The lowest BCUT2D eigenvalue weighted by Crippen LogP contribution is -2.46. The van der Waals surface area contributed by atoms with E-state index in [1.807, 2.05) is 94.4 Å². The van der Waals surface area contributed by atoms with Gasteiger partial charge in [-0.15, -0.1) is 0 Å². The molecule has 3 aromatic carbocycles. The summed E-state index contributed by atoms with van der Waals surface area (Å²) in [6.07, 6.45) is 0. The second-order valence-corrected chi connectivity index (χ2v) is 8.80. The predicted octanol–water partition coefficient (Wildman–Crippen LogP) is 3.86. The molecule has 1 amide bonds. The van der Waals surface area contributed by atoms with Crippen molar-refractivity contribution in [2.45, 2.75) is 40.3 Å². The van der Waals surface area contributed by atoms with Crippen LogP contribution in [0.1, 0.15) is 51.3 Å². The first-order valence-electron chi connectivity index (χ1n) is 11.5. The third-order valence-corrected chi connectivity index (χ3v) is 6.08. The van der Waals surface area contributed by atoms with Crippen molar-refractivity contribution in [3.63, 3.8) is 0 Å². The highest BCUT2D eigenvalue weighted by molar-refractivity contribution is 5.92. The molecular weight excluding hydrogens is 440 g/mol. The van der Waals surface area contributed by atoms with Gasteiger partial charge in [-0.2, -0.15) is 9.78 Å². The number of amides is 1. The average Bonchev–Trinajstić information content (AvgIpc) is 2.84. The van der Waals surface area contributed by atoms with Gasteiger partial charge in [-0.05, 0) is 62.1 Å². The molecule has 0 fully saturated rings. The molecule has 0 spiro atoms. The Balaban J connectivity index is 1.83. The first kappa shape index (κ1) is 23.9. The molecule has 0 aliphatic rings. The summed E-state index contributed by atoms with van der Waals surface area (Å²) >= 11 is 0. The van der Waals surface area contributed by atoms with Crippen molar-refractivity contribution in [1.29, 1.82) is 0 Å². The number of aryl methyl sites for hydroxylation is 3. The van der Waals surface area contributed by atoms with E-state index in [4.69, 9.17) is 0 Å². The highest BCUT2D eigenvalue weighted by atomic mass is 16.2. The van der Waals surface area contributed by atoms with E-state index < -0.39 is 17.2 Å². The number of benzene rings is 3. The zero-order valence-electron chi connectivity index (χ0n) is 20.3. The first-order valence-corrected chi connectivity index (χ1v) is 11.5. The molecule has 0 unspecified atom stereocenters. The van der Waals surface area contributed by atoms with Crippen LogP contribution >= 0.6 is 0 Å². The molecule has 4 rings (SSSR count). The van der Waals surface area contributed by atoms with Crippen molar-refractivity contribution in [3.8, 4) is 5.69 Å². The Hall–Kier alpha value is -4.26. The van der Waals surface area contributed by atoms with Crippen LogP contribution in [0.5, 0.6) is 0 Å². The smallest absolute Gasteiger partial charge is 0.344 e. The molecule has 0 saturated carbocycles. The summed E-state index contributed by atoms with van der Waals surface area (Å²) in [5, 5.41) is 7.08. The molecule has 0 saturated heterocycles. The summed E-state index contributed by atoms with van der Waals surface area (Å²) in [6.45, 7) is 7.70. The monoisotopic (exact) mass is 468 g/mol. The van der Waals surface area contributed by atoms with Gasteiger partial charge in [-0.1, -0.05) is 66.2 Å². The molecule has 35 heavy (non-hydrogen) atoms. The maximum absolute atomic E-state index is 13.4. The Kier molecular flexibility index (Phi) is 6.78. The lowest BCUT2D eigenvalue weighted by molar-refractivity contribution is 0.0930. The van der Waals surface area contributed by atoms with Crippen LogP contribution in [0.4, 0.5) is 0 Å². The van der Waals surface area contributed by atoms with Crippen LogP contribution in [-0.4, -0.2) is 20.3 Å². The first-order chi connectivity index (χ1) is 16.7. The van der Waals surface area contributed by atoms with Gasteiger partial charge >= 0.3 is 5.69 Å². The van der Waals surface area contributed by atoms with Crippen LogP contribution in [-0.2, 0) is 6.54 Å². The van der Waals surface area contributed by atoms with Crippen LogP contribution < -0.4 is 16.6 Å². The molecule has 0 aliphatic carbocycles. The molecular formula is C28H28N4O3. The lowest BCUT2D eigenvalue weighted by atomic mass is 10.1. The number of carbonyl (C=O) groups is 1. The molecule has 0 aliphatic heterocycles. The van der Waals surface area contributed by atoms with Crippen molar-refractivity contribution in [2.24, 2.45) is 0 Å². The van der Waals surface area contributed by atoms with E-state index in [1.165, 1.54) is 0 Å². The Bertz CT molecular complexity index is 1500. The topological polar surface area (TPSA) is 86.0 Å². The number of hydrogen-bond donors (Lipinski definition) is 1. The molecule has 1 N–H and O–H groups in total. The number of aromatic nitrogens is 3. The van der Waals surface area contributed by atoms with Gasteiger partial charge in [0.15, 0.2) is 0 Å². The number of nitrogens with one attached hydrogen (secondary N) is 1. The van der Waals surface area contributed by atoms with Gasteiger partial charge in [-0.25, -0.2) is 4.79 Å². The maximum atomic E-state index is 13.4. The van der Waals surface area contributed by atoms with Crippen molar-refractivity contribution < 1.29 is 4.79 Å². The second-order valence-electron chi connectivity index (χ2n) is 8.80. The second kappa shape index (κ2) is 9.93. The van der Waals surface area contributed by atoms with Crippen molar-refractivity contribution in [1.82, 2.24) is 19.7 Å². The summed E-state index contributed by atoms with van der Waals surface area (Å²) in [4.78, 5) is 40.0. The molecule has 7 nitrogen and oxygen atoms in total. The number of carbonyl (C=O) groups excluding carboxylic acids is 1. The number of hydrogen-bond acceptors (Lipinski definition) is 4. The fraction of sp³-hybridized carbons (Fsp3) is 0.214. The Morgan fingerprint density at radius 2 is 1.66 bits per heavy atom. The minimum absolute atomic E-state index is 0.0290. The molecule has 4 aromatic rings. The van der Waals surface area contributed by atoms with Gasteiger partial charge in [0, 0.05) is 0 Å². The third-order valence-electron chi connectivity index (χ3n) is 6.08. The summed E-state index contributed by atoms with van der Waals surface area (Å²) in [6, 6.07) is 22.1. The van der Waals surface area contributed by atoms with Gasteiger partial charge in [-0.3, -0.25) is 14.2 Å². The quantitative estimate of drug-likeness (QED) is 0.466. The summed E-state index contributed by atoms with van der Waals surface area (Å²) in [5.74, 6) is -0.637. The van der Waals surface area contributed by atoms with E-state index >= 15 is 0 Å². The van der Waals surface area contributed by atoms with E-state index in [-0.39, 0.29) is 18.3 Å². The van der Waals surface area contributed by atoms with Crippen LogP contribution in [0.25, 0.3) is 5.69 Å². The summed E-state index contributed by atoms with van der Waals surface area (Å²) in [5.41, 5.74) is 3.53. The van der Waals surface area contributed by atoms with Crippen LogP contribution in [0.2, 0.25) is 0 Å². The maximum Gasteiger partial charge on any atom is 0.352 e. The molecule has 1 atom stereocenters. The summed E-state index contributed by atoms with van der Waals surface area (Å²) in [7, 11) is 0. The van der Waals surface area contributed by atoms with E-state index in [0.717, 1.165) is 37.1 Å². The highest BCUT2D eigenvalue weighted by Gasteiger charge is 2.22. The fourth-order valence-corrected chi connectivity index (χ4v) is 3.91. The van der Waals surface area contributed by atoms with Crippen LogP contribution in [0, 0.1) is 20.8 Å². The zero-order valence-corrected chi connectivity index (χ0v) is 20.3. The highest BCUT2D eigenvalue weighted by Crippen LogP contribution is 2.13. The van der Waals surface area contributed by atoms with Crippen LogP contribution in [0.15, 0.2) is 82.4 Å². The Morgan fingerprint density at radius 1 is 0.914 bits per heavy atom. The third kappa shape index (κ3) is 5.14. The normalized spacial score (nSPS) is 11.8. The van der Waals surface area contributed by atoms with Gasteiger partial charge in [0.25, 0.3) is 11.5 Å². The molecule has 178 valence electrons. The number of rotatable bonds is 6. The van der Waals surface area contributed by atoms with E-state index in [9.17, 15) is 14.4 Å². The zero-order chi connectivity index (χ0) is 25.1. The molecule has 7 heteroatoms. The molecule has 0 bridgehead atoms. The summed E-state index contributed by atoms with van der Waals surface area (Å²) < 4.78 is 2.20. The largest absolute Gasteiger partial charge is 0.352 e. The van der Waals surface area contributed by atoms with Gasteiger partial charge in [0.1, 0.15) is 0 Å². The van der Waals surface area contributed by atoms with Gasteiger partial charge < -0.3 is 5.32 Å². The van der Waals surface area contributed by atoms with Crippen molar-refractivity contribution in [3.05, 3.63) is 127 Å². The predicted molar refractivity (Wildman–Crippen MR) is 136 cm³/mol. The lowest BCUT2D eigenvalue weighted by Gasteiger charge is -2.16. The van der Waals surface area contributed by atoms with Crippen molar-refractivity contribution >= 4 is 5.91 Å². The van der Waals surface area contributed by atoms with Crippen molar-refractivity contribution in [2.75, 3.05) is 0 Å². The molecule has 1 heterocycles. The Labute approximate surface area is 203 Å². The van der Waals surface area contributed by atoms with E-state index in [2.05, 4.69) is 10.4 Å². The van der Waals surface area contributed by atoms with Gasteiger partial charge in [0.2, 0.25) is 5.69 Å². The standard InChI is InChI=1S/C28H28N4O3/c1-18-9-8-10-22(15-18)17-31-27(34)25(26(33)29-21(4)23-11-6-5-7-12-23)30-32(28(31)35)24-14-13-19(2)20(3)16-24/h5-16,21H,17H2,1-4H3,(H,29,33)/t21-/m1/s1. The van der Waals surface area contributed by atoms with Gasteiger partial charge in [0.05, 0.1) is 18.3 Å². The van der Waals surface area contributed by atoms with E-state index in [1.54, 1.807) is 6.07 Å². The average molecular weight is 469 g/mol. The van der Waals surface area contributed by atoms with Crippen LogP contribution in [0.3, 0.4) is 0 Å². The Morgan fingerprint density at radius 3 is 2.34 bits per heavy atom. The minimum atomic E-state index is -0.727. The SMILES string of the molecule is Cc1cccc(Cn2c(=O)c(C(=O)N[C@H](C)c3ccccc3)nn(-c3ccc(C)c(C)c3)c2=O)c1. The number of nitrogens with zero attached hydrogens (tertiary/aromatic N) is 3. The minimum Gasteiger partial charge on any atom is -0.344 e. The molecule has 0 radical (unpaired) electrons.